The van der Waals surface area contributed by atoms with Crippen LogP contribution in [0.3, 0.4) is 0 Å². The molecule has 5 heteroatoms. The monoisotopic (exact) mass is 427 g/mol. The van der Waals surface area contributed by atoms with E-state index in [0.29, 0.717) is 12.4 Å². The molecule has 0 unspecified atom stereocenters. The summed E-state index contributed by atoms with van der Waals surface area (Å²) in [6.45, 7) is 0.524. The summed E-state index contributed by atoms with van der Waals surface area (Å²) in [5.41, 5.74) is 1.88. The van der Waals surface area contributed by atoms with Gasteiger partial charge in [-0.25, -0.2) is 0 Å². The maximum atomic E-state index is 12.1. The zero-order chi connectivity index (χ0) is 18.2. The van der Waals surface area contributed by atoms with Crippen LogP contribution < -0.4 is 10.1 Å². The molecule has 0 aliphatic heterocycles. The normalized spacial score (nSPS) is 10.3. The van der Waals surface area contributed by atoms with Gasteiger partial charge in [-0.2, -0.15) is 0 Å². The first-order chi connectivity index (χ1) is 12.7. The fraction of sp³-hybridized carbons (Fsp3) is 0.0952. The Morgan fingerprint density at radius 2 is 1.62 bits per heavy atom. The van der Waals surface area contributed by atoms with E-state index in [-0.39, 0.29) is 5.91 Å². The summed E-state index contributed by atoms with van der Waals surface area (Å²) in [6.07, 6.45) is 0. The van der Waals surface area contributed by atoms with E-state index in [1.807, 2.05) is 78.9 Å². The van der Waals surface area contributed by atoms with Gasteiger partial charge in [0.15, 0.2) is 0 Å². The van der Waals surface area contributed by atoms with Gasteiger partial charge in [-0.05, 0) is 54.1 Å². The van der Waals surface area contributed by atoms with E-state index in [1.54, 1.807) is 0 Å². The molecule has 1 amide bonds. The molecule has 0 aliphatic rings. The topological polar surface area (TPSA) is 38.3 Å². The molecule has 0 radical (unpaired) electrons. The highest BCUT2D eigenvalue weighted by molar-refractivity contribution is 9.10. The smallest absolute Gasteiger partial charge is 0.234 e. The summed E-state index contributed by atoms with van der Waals surface area (Å²) in [4.78, 5) is 13.1. The largest absolute Gasteiger partial charge is 0.489 e. The molecule has 0 aromatic heterocycles. The number of benzene rings is 3. The number of hydrogen-bond donors (Lipinski definition) is 1. The fourth-order valence-electron chi connectivity index (χ4n) is 2.25. The lowest BCUT2D eigenvalue weighted by molar-refractivity contribution is -0.113. The molecule has 0 aliphatic carbocycles. The molecule has 0 heterocycles. The zero-order valence-electron chi connectivity index (χ0n) is 14.0. The first-order valence-corrected chi connectivity index (χ1v) is 9.92. The van der Waals surface area contributed by atoms with E-state index in [1.165, 1.54) is 11.8 Å². The first-order valence-electron chi connectivity index (χ1n) is 8.14. The minimum Gasteiger partial charge on any atom is -0.489 e. The van der Waals surface area contributed by atoms with Crippen LogP contribution in [0.5, 0.6) is 5.75 Å². The van der Waals surface area contributed by atoms with Crippen LogP contribution in [0.4, 0.5) is 5.69 Å². The van der Waals surface area contributed by atoms with Gasteiger partial charge < -0.3 is 10.1 Å². The number of ether oxygens (including phenoxy) is 1. The molecule has 3 nitrogen and oxygen atoms in total. The van der Waals surface area contributed by atoms with Crippen LogP contribution in [0.1, 0.15) is 5.56 Å². The SMILES string of the molecule is O=C(CSc1ccc(Br)cc1)Nc1ccc(OCc2ccccc2)cc1. The van der Waals surface area contributed by atoms with E-state index >= 15 is 0 Å². The predicted octanol–water partition coefficient (Wildman–Crippen LogP) is 5.76. The van der Waals surface area contributed by atoms with Gasteiger partial charge >= 0.3 is 0 Å². The molecular formula is C21H18BrNO2S. The molecule has 26 heavy (non-hydrogen) atoms. The molecule has 1 N–H and O–H groups in total. The van der Waals surface area contributed by atoms with E-state index < -0.39 is 0 Å². The van der Waals surface area contributed by atoms with Gasteiger partial charge in [0.25, 0.3) is 0 Å². The number of nitrogens with one attached hydrogen (secondary N) is 1. The van der Waals surface area contributed by atoms with Crippen LogP contribution in [0.15, 0.2) is 88.2 Å². The Labute approximate surface area is 165 Å². The number of hydrogen-bond acceptors (Lipinski definition) is 3. The quantitative estimate of drug-likeness (QED) is 0.487. The summed E-state index contributed by atoms with van der Waals surface area (Å²) in [7, 11) is 0. The molecule has 0 saturated heterocycles. The van der Waals surface area contributed by atoms with Gasteiger partial charge in [0.1, 0.15) is 12.4 Å². The van der Waals surface area contributed by atoms with Crippen molar-refractivity contribution in [3.05, 3.63) is 88.9 Å². The van der Waals surface area contributed by atoms with E-state index in [4.69, 9.17) is 4.74 Å². The van der Waals surface area contributed by atoms with Gasteiger partial charge in [-0.3, -0.25) is 4.79 Å². The molecule has 3 aromatic rings. The molecular weight excluding hydrogens is 410 g/mol. The number of rotatable bonds is 7. The average molecular weight is 428 g/mol. The van der Waals surface area contributed by atoms with Gasteiger partial charge in [-0.15, -0.1) is 11.8 Å². The lowest BCUT2D eigenvalue weighted by Gasteiger charge is -2.08. The van der Waals surface area contributed by atoms with Gasteiger partial charge in [-0.1, -0.05) is 46.3 Å². The fourth-order valence-corrected chi connectivity index (χ4v) is 3.21. The average Bonchev–Trinajstić information content (AvgIpc) is 2.68. The first kappa shape index (κ1) is 18.5. The van der Waals surface area contributed by atoms with E-state index in [2.05, 4.69) is 21.2 Å². The summed E-state index contributed by atoms with van der Waals surface area (Å²) in [6, 6.07) is 25.3. The molecule has 3 rings (SSSR count). The maximum absolute atomic E-state index is 12.1. The van der Waals surface area contributed by atoms with Crippen LogP contribution in [0.25, 0.3) is 0 Å². The van der Waals surface area contributed by atoms with Crippen molar-refractivity contribution in [2.75, 3.05) is 11.1 Å². The van der Waals surface area contributed by atoms with Crippen molar-refractivity contribution in [1.82, 2.24) is 0 Å². The number of thioether (sulfide) groups is 1. The van der Waals surface area contributed by atoms with Crippen LogP contribution in [0, 0.1) is 0 Å². The molecule has 0 saturated carbocycles. The third-order valence-electron chi connectivity index (χ3n) is 3.57. The highest BCUT2D eigenvalue weighted by atomic mass is 79.9. The highest BCUT2D eigenvalue weighted by Gasteiger charge is 2.04. The lowest BCUT2D eigenvalue weighted by atomic mass is 10.2. The van der Waals surface area contributed by atoms with Crippen LogP contribution >= 0.6 is 27.7 Å². The number of amides is 1. The molecule has 0 spiro atoms. The summed E-state index contributed by atoms with van der Waals surface area (Å²) in [5.74, 6) is 1.11. The van der Waals surface area contributed by atoms with Crippen LogP contribution in [-0.2, 0) is 11.4 Å². The second-order valence-corrected chi connectivity index (χ2v) is 7.55. The van der Waals surface area contributed by atoms with Crippen LogP contribution in [-0.4, -0.2) is 11.7 Å². The Kier molecular flexibility index (Phi) is 6.75. The number of anilines is 1. The van der Waals surface area contributed by atoms with E-state index in [9.17, 15) is 4.79 Å². The Morgan fingerprint density at radius 1 is 0.923 bits per heavy atom. The minimum atomic E-state index is -0.0316. The molecule has 0 bridgehead atoms. The van der Waals surface area contributed by atoms with E-state index in [0.717, 1.165) is 26.4 Å². The summed E-state index contributed by atoms with van der Waals surface area (Å²) in [5, 5.41) is 2.90. The van der Waals surface area contributed by atoms with Crippen molar-refractivity contribution < 1.29 is 9.53 Å². The van der Waals surface area contributed by atoms with Crippen molar-refractivity contribution in [1.29, 1.82) is 0 Å². The van der Waals surface area contributed by atoms with Gasteiger partial charge in [0.2, 0.25) is 5.91 Å². The Morgan fingerprint density at radius 3 is 2.31 bits per heavy atom. The van der Waals surface area contributed by atoms with Crippen molar-refractivity contribution in [2.24, 2.45) is 0 Å². The molecule has 0 fully saturated rings. The molecule has 0 atom stereocenters. The maximum Gasteiger partial charge on any atom is 0.234 e. The third-order valence-corrected chi connectivity index (χ3v) is 5.11. The van der Waals surface area contributed by atoms with Gasteiger partial charge in [0, 0.05) is 15.1 Å². The molecule has 132 valence electrons. The highest BCUT2D eigenvalue weighted by Crippen LogP contribution is 2.21. The van der Waals surface area contributed by atoms with Crippen molar-refractivity contribution in [2.45, 2.75) is 11.5 Å². The minimum absolute atomic E-state index is 0.0316. The second-order valence-electron chi connectivity index (χ2n) is 5.59. The van der Waals surface area contributed by atoms with Crippen molar-refractivity contribution in [3.63, 3.8) is 0 Å². The number of halogens is 1. The second kappa shape index (κ2) is 9.46. The third kappa shape index (κ3) is 5.93. The number of carbonyl (C=O) groups excluding carboxylic acids is 1. The predicted molar refractivity (Wildman–Crippen MR) is 111 cm³/mol. The zero-order valence-corrected chi connectivity index (χ0v) is 16.4. The Bertz CT molecular complexity index is 836. The standard InChI is InChI=1S/C21H18BrNO2S/c22-17-6-12-20(13-7-17)26-15-21(24)23-18-8-10-19(11-9-18)25-14-16-4-2-1-3-5-16/h1-13H,14-15H2,(H,23,24). The number of carbonyl (C=O) groups is 1. The van der Waals surface area contributed by atoms with Crippen molar-refractivity contribution >= 4 is 39.3 Å². The van der Waals surface area contributed by atoms with Crippen molar-refractivity contribution in [3.8, 4) is 5.75 Å². The summed E-state index contributed by atoms with van der Waals surface area (Å²) < 4.78 is 6.77. The summed E-state index contributed by atoms with van der Waals surface area (Å²) >= 11 is 4.91. The lowest BCUT2D eigenvalue weighted by Crippen LogP contribution is -2.13. The Balaban J connectivity index is 1.45. The molecule has 3 aromatic carbocycles. The van der Waals surface area contributed by atoms with Crippen LogP contribution in [0.2, 0.25) is 0 Å². The Hall–Kier alpha value is -2.24. The van der Waals surface area contributed by atoms with Gasteiger partial charge in [0.05, 0.1) is 5.75 Å².